The summed E-state index contributed by atoms with van der Waals surface area (Å²) < 4.78 is 147. The molecule has 11 aromatic carbocycles. The number of benzene rings is 11. The summed E-state index contributed by atoms with van der Waals surface area (Å²) in [5, 5.41) is 18.9. The first-order valence-electron chi connectivity index (χ1n) is 26.8. The Morgan fingerprint density at radius 3 is 0.965 bits per heavy atom. The highest BCUT2D eigenvalue weighted by Crippen LogP contribution is 2.56. The molecule has 16 rings (SSSR count). The van der Waals surface area contributed by atoms with Crippen molar-refractivity contribution >= 4 is 128 Å². The average molecular weight is 1170 g/mol. The lowest BCUT2D eigenvalue weighted by Crippen LogP contribution is -2.14. The predicted octanol–water partition coefficient (Wildman–Crippen LogP) is 22.0. The maximum Gasteiger partial charge on any atom is 0.416 e. The molecule has 0 spiro atoms. The second kappa shape index (κ2) is 18.1. The second-order valence-corrected chi connectivity index (χ2v) is 23.2. The normalized spacial score (nSPS) is 12.8. The van der Waals surface area contributed by atoms with Crippen molar-refractivity contribution in [2.75, 3.05) is 0 Å². The minimum absolute atomic E-state index is 0.0334. The fourth-order valence-electron chi connectivity index (χ4n) is 13.0. The van der Waals surface area contributed by atoms with E-state index in [1.54, 1.807) is 80.4 Å². The summed E-state index contributed by atoms with van der Waals surface area (Å²) in [5.41, 5.74) is -0.0211. The molecule has 0 saturated carbocycles. The summed E-state index contributed by atoms with van der Waals surface area (Å²) in [6, 6.07) is 61.0. The van der Waals surface area contributed by atoms with Crippen molar-refractivity contribution < 1.29 is 39.5 Å². The quantitative estimate of drug-likeness (QED) is 0.158. The van der Waals surface area contributed by atoms with Crippen LogP contribution < -0.4 is 0 Å². The lowest BCUT2D eigenvalue weighted by atomic mass is 9.87. The van der Waals surface area contributed by atoms with E-state index in [1.807, 2.05) is 91.0 Å². The van der Waals surface area contributed by atoms with E-state index in [4.69, 9.17) is 0 Å². The number of nitrogens with zero attached hydrogens (tertiary/aromatic N) is 4. The third-order valence-corrected chi connectivity index (χ3v) is 19.0. The van der Waals surface area contributed by atoms with Crippen LogP contribution in [0.5, 0.6) is 0 Å². The van der Waals surface area contributed by atoms with Crippen molar-refractivity contribution in [3.8, 4) is 45.4 Å². The zero-order valence-corrected chi connectivity index (χ0v) is 45.3. The number of aromatic nitrogens is 3. The second-order valence-electron chi connectivity index (χ2n) is 21.1. The molecule has 16 aromatic rings. The summed E-state index contributed by atoms with van der Waals surface area (Å²) >= 11 is 2.89. The maximum atomic E-state index is 15.6. The summed E-state index contributed by atoms with van der Waals surface area (Å²) in [5.74, 6) is 0. The minimum Gasteiger partial charge on any atom is -0.308 e. The van der Waals surface area contributed by atoms with E-state index >= 15 is 39.5 Å². The topological polar surface area (TPSA) is 38.6 Å². The minimum atomic E-state index is -4.86. The Kier molecular flexibility index (Phi) is 10.8. The van der Waals surface area contributed by atoms with Gasteiger partial charge in [0.15, 0.2) is 0 Å². The summed E-state index contributed by atoms with van der Waals surface area (Å²) in [6.45, 7) is 0. The van der Waals surface area contributed by atoms with Crippen molar-refractivity contribution in [3.63, 3.8) is 0 Å². The van der Waals surface area contributed by atoms with Crippen LogP contribution in [0.4, 0.5) is 39.5 Å². The SMILES string of the molecule is N#Cc1c(-n2c3ccccc3c3ccc(C(F)(F)F)cc32)c(-c2cccc3c2sc2ccccc23)c(-n2c3ccccc3c3ccc(C(F)(F)F)cc32)c(-c2cccc3c2sc2ccccc23)c1-n1c2ccccc2c2ccc(C(F)(F)F)cc21. The van der Waals surface area contributed by atoms with Crippen LogP contribution in [0.3, 0.4) is 0 Å². The van der Waals surface area contributed by atoms with E-state index < -0.39 is 35.2 Å². The van der Waals surface area contributed by atoms with Gasteiger partial charge in [-0.05, 0) is 66.7 Å². The Morgan fingerprint density at radius 2 is 0.612 bits per heavy atom. The zero-order valence-electron chi connectivity index (χ0n) is 43.7. The number of nitriles is 1. The smallest absolute Gasteiger partial charge is 0.308 e. The number of rotatable bonds is 5. The first-order valence-corrected chi connectivity index (χ1v) is 28.5. The van der Waals surface area contributed by atoms with Gasteiger partial charge in [0.05, 0.1) is 66.9 Å². The first kappa shape index (κ1) is 50.8. The van der Waals surface area contributed by atoms with Crippen LogP contribution >= 0.6 is 22.7 Å². The molecule has 0 saturated heterocycles. The van der Waals surface area contributed by atoms with E-state index in [9.17, 15) is 5.26 Å². The molecule has 0 aliphatic carbocycles. The Balaban J connectivity index is 1.28. The average Bonchev–Trinajstić information content (AvgIpc) is 1.85. The van der Waals surface area contributed by atoms with E-state index in [2.05, 4.69) is 6.07 Å². The molecule has 0 atom stereocenters. The third-order valence-electron chi connectivity index (χ3n) is 16.6. The standard InChI is InChI=1S/C70H35F9N4S2/c71-68(72,73)37-27-30-43-40-13-1-6-22-53(40)81(56(43)33-37)63-52(36-80)64(82-54-23-7-2-14-41(54)44-31-28-38(34-57(44)82)69(74,75)76)62(51-21-12-19-49-47-17-5-10-26-60(47)85-67(49)51)65(61(63)50-20-11-18-48-46-16-4-9-25-59(46)84-66(48)50)83-55-24-8-3-15-42(55)45-32-29-39(35-58(45)83)70(77,78)79/h1-35H. The summed E-state index contributed by atoms with van der Waals surface area (Å²) in [7, 11) is 0. The van der Waals surface area contributed by atoms with Crippen molar-refractivity contribution in [2.24, 2.45) is 0 Å². The van der Waals surface area contributed by atoms with Gasteiger partial charge in [-0.1, -0.05) is 146 Å². The lowest BCUT2D eigenvalue weighted by molar-refractivity contribution is -0.138. The van der Waals surface area contributed by atoms with Gasteiger partial charge in [-0.15, -0.1) is 22.7 Å². The Labute approximate surface area is 482 Å². The molecule has 0 unspecified atom stereocenters. The Morgan fingerprint density at radius 1 is 0.306 bits per heavy atom. The number of hydrogen-bond donors (Lipinski definition) is 0. The Bertz CT molecular complexity index is 5330. The Hall–Kier alpha value is -9.88. The van der Waals surface area contributed by atoms with Crippen LogP contribution in [-0.2, 0) is 18.5 Å². The lowest BCUT2D eigenvalue weighted by Gasteiger charge is -2.29. The van der Waals surface area contributed by atoms with Gasteiger partial charge in [0.1, 0.15) is 11.6 Å². The van der Waals surface area contributed by atoms with Crippen LogP contribution in [0.15, 0.2) is 212 Å². The van der Waals surface area contributed by atoms with Gasteiger partial charge in [-0.3, -0.25) is 0 Å². The van der Waals surface area contributed by atoms with Gasteiger partial charge in [0.25, 0.3) is 0 Å². The first-order chi connectivity index (χ1) is 41.1. The molecule has 15 heteroatoms. The number of alkyl halides is 9. The number of thiophene rings is 2. The van der Waals surface area contributed by atoms with Crippen molar-refractivity contribution in [3.05, 3.63) is 235 Å². The molecule has 0 amide bonds. The third kappa shape index (κ3) is 7.41. The molecular weight excluding hydrogens is 1130 g/mol. The van der Waals surface area contributed by atoms with Crippen LogP contribution in [0.1, 0.15) is 22.3 Å². The molecule has 4 nitrogen and oxygen atoms in total. The number of halogens is 9. The van der Waals surface area contributed by atoms with Gasteiger partial charge < -0.3 is 13.7 Å². The maximum absolute atomic E-state index is 15.6. The van der Waals surface area contributed by atoms with Crippen molar-refractivity contribution in [1.82, 2.24) is 13.7 Å². The zero-order chi connectivity index (χ0) is 58.0. The molecule has 5 aromatic heterocycles. The summed E-state index contributed by atoms with van der Waals surface area (Å²) in [6.07, 6.45) is -14.6. The van der Waals surface area contributed by atoms with E-state index in [0.717, 1.165) is 67.3 Å². The summed E-state index contributed by atoms with van der Waals surface area (Å²) in [4.78, 5) is 0. The molecule has 0 radical (unpaired) electrons. The molecule has 0 fully saturated rings. The van der Waals surface area contributed by atoms with Crippen LogP contribution in [-0.4, -0.2) is 13.7 Å². The fraction of sp³-hybridized carbons (Fsp3) is 0.0429. The van der Waals surface area contributed by atoms with Gasteiger partial charge in [0.2, 0.25) is 0 Å². The van der Waals surface area contributed by atoms with Crippen molar-refractivity contribution in [1.29, 1.82) is 5.26 Å². The van der Waals surface area contributed by atoms with Gasteiger partial charge in [0, 0.05) is 94.9 Å². The van der Waals surface area contributed by atoms with Crippen LogP contribution in [0, 0.1) is 11.3 Å². The predicted molar refractivity (Wildman–Crippen MR) is 326 cm³/mol. The monoisotopic (exact) mass is 1170 g/mol. The number of hydrogen-bond acceptors (Lipinski definition) is 3. The van der Waals surface area contributed by atoms with E-state index in [0.29, 0.717) is 69.4 Å². The molecule has 0 N–H and O–H groups in total. The number of para-hydroxylation sites is 3. The van der Waals surface area contributed by atoms with Gasteiger partial charge in [-0.25, -0.2) is 0 Å². The van der Waals surface area contributed by atoms with E-state index in [-0.39, 0.29) is 50.3 Å². The highest BCUT2D eigenvalue weighted by atomic mass is 32.1. The molecule has 5 heterocycles. The molecule has 0 aliphatic rings. The molecule has 0 bridgehead atoms. The van der Waals surface area contributed by atoms with Crippen molar-refractivity contribution in [2.45, 2.75) is 18.5 Å². The van der Waals surface area contributed by atoms with Crippen LogP contribution in [0.25, 0.3) is 145 Å². The fourth-order valence-corrected chi connectivity index (χ4v) is 15.5. The number of fused-ring (bicyclic) bond motifs is 15. The molecule has 0 aliphatic heterocycles. The van der Waals surface area contributed by atoms with Gasteiger partial charge in [-0.2, -0.15) is 44.8 Å². The molecule has 85 heavy (non-hydrogen) atoms. The molecule has 410 valence electrons. The highest BCUT2D eigenvalue weighted by Gasteiger charge is 2.39. The highest BCUT2D eigenvalue weighted by molar-refractivity contribution is 7.26. The molecular formula is C70H35F9N4S2. The largest absolute Gasteiger partial charge is 0.416 e. The van der Waals surface area contributed by atoms with E-state index in [1.165, 1.54) is 40.9 Å². The van der Waals surface area contributed by atoms with Crippen LogP contribution in [0.2, 0.25) is 0 Å². The van der Waals surface area contributed by atoms with Gasteiger partial charge >= 0.3 is 18.5 Å².